The molecule has 0 unspecified atom stereocenters. The van der Waals surface area contributed by atoms with E-state index in [0.717, 1.165) is 16.8 Å². The second kappa shape index (κ2) is 16.1. The summed E-state index contributed by atoms with van der Waals surface area (Å²) in [6.07, 6.45) is 1.85. The van der Waals surface area contributed by atoms with Gasteiger partial charge in [0.15, 0.2) is 0 Å². The summed E-state index contributed by atoms with van der Waals surface area (Å²) in [5, 5.41) is 4.91. The molecule has 290 valence electrons. The number of nitrogens with zero attached hydrogens (tertiary/aromatic N) is 1. The first-order valence-electron chi connectivity index (χ1n) is 21.3. The van der Waals surface area contributed by atoms with Crippen LogP contribution in [0.1, 0.15) is 0 Å². The zero-order valence-corrected chi connectivity index (χ0v) is 34.1. The molecule has 0 aliphatic carbocycles. The van der Waals surface area contributed by atoms with E-state index >= 15 is 0 Å². The van der Waals surface area contributed by atoms with Crippen molar-refractivity contribution < 1.29 is 0 Å². The van der Waals surface area contributed by atoms with E-state index in [4.69, 9.17) is 0 Å². The Morgan fingerprint density at radius 1 is 0.210 bits per heavy atom. The summed E-state index contributed by atoms with van der Waals surface area (Å²) in [6.45, 7) is 0. The molecule has 1 nitrogen and oxygen atoms in total. The molecule has 0 spiro atoms. The first-order valence-corrected chi connectivity index (χ1v) is 21.3. The lowest BCUT2D eigenvalue weighted by Crippen LogP contribution is -1.98. The minimum Gasteiger partial charge on any atom is -0.256 e. The van der Waals surface area contributed by atoms with Crippen molar-refractivity contribution in [2.24, 2.45) is 0 Å². The van der Waals surface area contributed by atoms with Crippen LogP contribution in [0.4, 0.5) is 0 Å². The molecule has 0 aliphatic heterocycles. The van der Waals surface area contributed by atoms with E-state index in [1.54, 1.807) is 0 Å². The Balaban J connectivity index is 1.18. The topological polar surface area (TPSA) is 12.9 Å². The van der Waals surface area contributed by atoms with E-state index in [0.29, 0.717) is 0 Å². The molecular weight excluding hydrogens is 747 g/mol. The molecule has 0 radical (unpaired) electrons. The Bertz CT molecular complexity index is 3280. The van der Waals surface area contributed by atoms with Crippen LogP contribution < -0.4 is 0 Å². The molecule has 1 heteroatoms. The van der Waals surface area contributed by atoms with Crippen LogP contribution in [0.25, 0.3) is 111 Å². The van der Waals surface area contributed by atoms with Gasteiger partial charge in [-0.25, -0.2) is 0 Å². The van der Waals surface area contributed by atoms with Crippen molar-refractivity contribution in [1.82, 2.24) is 4.98 Å². The molecule has 1 aromatic heterocycles. The van der Waals surface area contributed by atoms with E-state index in [9.17, 15) is 0 Å². The van der Waals surface area contributed by atoms with Crippen LogP contribution in [0.2, 0.25) is 0 Å². The molecular formula is C61H41N. The number of hydrogen-bond acceptors (Lipinski definition) is 1. The van der Waals surface area contributed by atoms with Gasteiger partial charge in [0.2, 0.25) is 0 Å². The minimum atomic E-state index is 0.973. The summed E-state index contributed by atoms with van der Waals surface area (Å²) in [7, 11) is 0. The lowest BCUT2D eigenvalue weighted by Gasteiger charge is -2.25. The highest BCUT2D eigenvalue weighted by Crippen LogP contribution is 2.51. The number of pyridine rings is 1. The Hall–Kier alpha value is -8.13. The summed E-state index contributed by atoms with van der Waals surface area (Å²) in [6, 6.07) is 88.1. The van der Waals surface area contributed by atoms with Gasteiger partial charge in [-0.3, -0.25) is 4.98 Å². The molecule has 0 saturated heterocycles. The van der Waals surface area contributed by atoms with Crippen molar-refractivity contribution in [2.45, 2.75) is 0 Å². The second-order valence-electron chi connectivity index (χ2n) is 15.8. The Morgan fingerprint density at radius 2 is 0.581 bits per heavy atom. The van der Waals surface area contributed by atoms with Crippen molar-refractivity contribution in [3.63, 3.8) is 0 Å². The van der Waals surface area contributed by atoms with Crippen LogP contribution >= 0.6 is 0 Å². The zero-order chi connectivity index (χ0) is 41.2. The van der Waals surface area contributed by atoms with Crippen LogP contribution in [0, 0.1) is 0 Å². The SMILES string of the molecule is c1ccc(-c2cc(-c3cccc(-c4c5ccccc5c(-c5ccc(-c6ccccn6)cc5)c5ccccc45)c3)c(-c3ccccc3)c(-c3ccccc3)c2-c2ccccc2)cc1. The number of fused-ring (bicyclic) bond motifs is 2. The van der Waals surface area contributed by atoms with Gasteiger partial charge < -0.3 is 0 Å². The second-order valence-corrected chi connectivity index (χ2v) is 15.8. The predicted molar refractivity (Wildman–Crippen MR) is 263 cm³/mol. The highest BCUT2D eigenvalue weighted by Gasteiger charge is 2.24. The molecule has 0 aliphatic rings. The van der Waals surface area contributed by atoms with Crippen molar-refractivity contribution in [3.05, 3.63) is 249 Å². The number of rotatable bonds is 8. The van der Waals surface area contributed by atoms with Crippen molar-refractivity contribution in [1.29, 1.82) is 0 Å². The monoisotopic (exact) mass is 787 g/mol. The Labute approximate surface area is 362 Å². The molecule has 0 amide bonds. The highest BCUT2D eigenvalue weighted by atomic mass is 14.7. The van der Waals surface area contributed by atoms with Crippen LogP contribution in [-0.4, -0.2) is 4.98 Å². The lowest BCUT2D eigenvalue weighted by atomic mass is 9.78. The van der Waals surface area contributed by atoms with Gasteiger partial charge in [0.1, 0.15) is 0 Å². The fourth-order valence-electron chi connectivity index (χ4n) is 9.39. The quantitative estimate of drug-likeness (QED) is 0.140. The van der Waals surface area contributed by atoms with Crippen molar-refractivity contribution >= 4 is 21.5 Å². The van der Waals surface area contributed by atoms with Crippen LogP contribution in [0.3, 0.4) is 0 Å². The summed E-state index contributed by atoms with van der Waals surface area (Å²) >= 11 is 0. The van der Waals surface area contributed by atoms with Crippen LogP contribution in [0.5, 0.6) is 0 Å². The van der Waals surface area contributed by atoms with Gasteiger partial charge in [0.25, 0.3) is 0 Å². The Kier molecular flexibility index (Phi) is 9.61. The average molecular weight is 788 g/mol. The van der Waals surface area contributed by atoms with Gasteiger partial charge >= 0.3 is 0 Å². The summed E-state index contributed by atoms with van der Waals surface area (Å²) < 4.78 is 0. The molecule has 10 aromatic carbocycles. The fourth-order valence-corrected chi connectivity index (χ4v) is 9.39. The summed E-state index contributed by atoms with van der Waals surface area (Å²) in [4.78, 5) is 4.61. The first-order chi connectivity index (χ1) is 30.8. The van der Waals surface area contributed by atoms with E-state index in [1.165, 1.54) is 93.9 Å². The number of aromatic nitrogens is 1. The van der Waals surface area contributed by atoms with E-state index in [1.807, 2.05) is 18.3 Å². The van der Waals surface area contributed by atoms with Gasteiger partial charge in [-0.15, -0.1) is 0 Å². The van der Waals surface area contributed by atoms with E-state index in [2.05, 4.69) is 236 Å². The van der Waals surface area contributed by atoms with Crippen molar-refractivity contribution in [3.8, 4) is 89.1 Å². The molecule has 0 atom stereocenters. The van der Waals surface area contributed by atoms with Gasteiger partial charge in [0, 0.05) is 11.8 Å². The molecule has 11 rings (SSSR count). The molecule has 62 heavy (non-hydrogen) atoms. The maximum atomic E-state index is 4.61. The predicted octanol–water partition coefficient (Wildman–Crippen LogP) is 16.7. The van der Waals surface area contributed by atoms with E-state index in [-0.39, 0.29) is 0 Å². The normalized spacial score (nSPS) is 11.2. The van der Waals surface area contributed by atoms with Crippen LogP contribution in [0.15, 0.2) is 249 Å². The molecule has 1 heterocycles. The van der Waals surface area contributed by atoms with Gasteiger partial charge in [-0.05, 0) is 124 Å². The minimum absolute atomic E-state index is 0.973. The van der Waals surface area contributed by atoms with Crippen molar-refractivity contribution in [2.75, 3.05) is 0 Å². The number of benzene rings is 10. The van der Waals surface area contributed by atoms with Crippen LogP contribution in [-0.2, 0) is 0 Å². The van der Waals surface area contributed by atoms with E-state index < -0.39 is 0 Å². The molecule has 0 N–H and O–H groups in total. The van der Waals surface area contributed by atoms with Gasteiger partial charge in [-0.2, -0.15) is 0 Å². The summed E-state index contributed by atoms with van der Waals surface area (Å²) in [5.41, 5.74) is 18.9. The third kappa shape index (κ3) is 6.67. The maximum absolute atomic E-state index is 4.61. The average Bonchev–Trinajstić information content (AvgIpc) is 3.36. The zero-order valence-electron chi connectivity index (χ0n) is 34.1. The molecule has 0 bridgehead atoms. The third-order valence-corrected chi connectivity index (χ3v) is 12.1. The maximum Gasteiger partial charge on any atom is 0.0701 e. The third-order valence-electron chi connectivity index (χ3n) is 12.1. The van der Waals surface area contributed by atoms with Gasteiger partial charge in [0.05, 0.1) is 5.69 Å². The Morgan fingerprint density at radius 3 is 1.08 bits per heavy atom. The molecule has 11 aromatic rings. The lowest BCUT2D eigenvalue weighted by molar-refractivity contribution is 1.33. The summed E-state index contributed by atoms with van der Waals surface area (Å²) in [5.74, 6) is 0. The fraction of sp³-hybridized carbons (Fsp3) is 0. The standard InChI is InChI=1S/C61H41N/c1-5-20-42(21-6-1)54-41-55(60(45-24-9-3-10-25-45)61(46-26-11-4-12-27-46)59(54)44-22-7-2-8-23-44)48-28-19-29-49(40-48)58-52-32-15-13-30-50(52)57(51-31-14-16-33-53(51)58)47-37-35-43(36-38-47)56-34-17-18-39-62-56/h1-41H. The smallest absolute Gasteiger partial charge is 0.0701 e. The highest BCUT2D eigenvalue weighted by molar-refractivity contribution is 6.21. The molecule has 0 saturated carbocycles. The number of hydrogen-bond donors (Lipinski definition) is 0. The van der Waals surface area contributed by atoms with Gasteiger partial charge in [-0.1, -0.05) is 218 Å². The molecule has 0 fully saturated rings. The largest absolute Gasteiger partial charge is 0.256 e. The first kappa shape index (κ1) is 36.9.